The summed E-state index contributed by atoms with van der Waals surface area (Å²) in [5, 5.41) is 20.8. The molecule has 0 radical (unpaired) electrons. The van der Waals surface area contributed by atoms with Crippen molar-refractivity contribution in [3.05, 3.63) is 63.2 Å². The first-order chi connectivity index (χ1) is 13.3. The highest BCUT2D eigenvalue weighted by molar-refractivity contribution is 7.86. The van der Waals surface area contributed by atoms with Crippen LogP contribution in [0.1, 0.15) is 26.3 Å². The zero-order valence-corrected chi connectivity index (χ0v) is 17.2. The van der Waals surface area contributed by atoms with Crippen LogP contribution in [-0.2, 0) is 16.6 Å². The third kappa shape index (κ3) is 4.71. The Morgan fingerprint density at radius 3 is 2.17 bits per heavy atom. The molecule has 0 fully saturated rings. The quantitative estimate of drug-likeness (QED) is 0.498. The molecule has 2 aromatic carbocycles. The van der Waals surface area contributed by atoms with Crippen molar-refractivity contribution in [1.82, 2.24) is 0 Å². The van der Waals surface area contributed by atoms with Gasteiger partial charge in [-0.15, -0.1) is 0 Å². The molecule has 0 aromatic heterocycles. The number of halogens is 4. The minimum atomic E-state index is -4.87. The maximum absolute atomic E-state index is 13.1. The molecule has 0 amide bonds. The van der Waals surface area contributed by atoms with E-state index in [0.717, 1.165) is 18.2 Å². The first-order valence-electron chi connectivity index (χ1n) is 8.32. The Balaban J connectivity index is 2.47. The van der Waals surface area contributed by atoms with Crippen LogP contribution in [0.25, 0.3) is 0 Å². The highest BCUT2D eigenvalue weighted by Crippen LogP contribution is 2.39. The maximum Gasteiger partial charge on any atom is 0.421 e. The second-order valence-electron chi connectivity index (χ2n) is 6.66. The standard InChI is InChI=1S/C18H18ClF3N2O4S/c1-11(2)23(29(28)16-10-14(24(26)27)8-9-15(16)19)13-6-4-12(5-7-13)17(3,25)18(20,21)22/h4-11,25H,1-3H3. The molecule has 29 heavy (non-hydrogen) atoms. The molecule has 0 aliphatic rings. The predicted octanol–water partition coefficient (Wildman–Crippen LogP) is 4.96. The number of non-ortho nitro benzene ring substituents is 1. The molecule has 2 unspecified atom stereocenters. The van der Waals surface area contributed by atoms with Gasteiger partial charge in [0.15, 0.2) is 16.6 Å². The lowest BCUT2D eigenvalue weighted by Crippen LogP contribution is -2.39. The lowest BCUT2D eigenvalue weighted by molar-refractivity contribution is -0.385. The molecule has 1 N–H and O–H groups in total. The number of hydrogen-bond donors (Lipinski definition) is 1. The van der Waals surface area contributed by atoms with E-state index in [4.69, 9.17) is 11.6 Å². The average molecular weight is 451 g/mol. The van der Waals surface area contributed by atoms with Crippen molar-refractivity contribution in [3.8, 4) is 0 Å². The van der Waals surface area contributed by atoms with Gasteiger partial charge in [0.2, 0.25) is 0 Å². The SMILES string of the molecule is CC(C)N(c1ccc(C(C)(O)C(F)(F)F)cc1)S(=O)c1cc([N+](=O)[O-])ccc1Cl. The molecule has 2 aromatic rings. The number of hydrogen-bond acceptors (Lipinski definition) is 4. The van der Waals surface area contributed by atoms with E-state index in [9.17, 15) is 32.6 Å². The van der Waals surface area contributed by atoms with Crippen LogP contribution in [0.3, 0.4) is 0 Å². The fourth-order valence-electron chi connectivity index (χ4n) is 2.53. The van der Waals surface area contributed by atoms with Gasteiger partial charge >= 0.3 is 6.18 Å². The van der Waals surface area contributed by atoms with Gasteiger partial charge in [0.1, 0.15) is 0 Å². The molecule has 0 aliphatic heterocycles. The van der Waals surface area contributed by atoms with Crippen LogP contribution in [0.2, 0.25) is 5.02 Å². The topological polar surface area (TPSA) is 83.7 Å². The predicted molar refractivity (Wildman–Crippen MR) is 104 cm³/mol. The van der Waals surface area contributed by atoms with E-state index < -0.39 is 27.7 Å². The fourth-order valence-corrected chi connectivity index (χ4v) is 4.21. The molecule has 2 rings (SSSR count). The molecule has 0 spiro atoms. The Hall–Kier alpha value is -2.17. The summed E-state index contributed by atoms with van der Waals surface area (Å²) in [6.07, 6.45) is -4.87. The van der Waals surface area contributed by atoms with E-state index in [1.807, 2.05) is 0 Å². The van der Waals surface area contributed by atoms with Crippen molar-refractivity contribution >= 4 is 34.0 Å². The van der Waals surface area contributed by atoms with E-state index in [0.29, 0.717) is 12.6 Å². The summed E-state index contributed by atoms with van der Waals surface area (Å²) < 4.78 is 53.6. The molecule has 6 nitrogen and oxygen atoms in total. The van der Waals surface area contributed by atoms with Crippen molar-refractivity contribution in [2.45, 2.75) is 43.5 Å². The molecule has 0 heterocycles. The number of benzene rings is 2. The molecule has 11 heteroatoms. The van der Waals surface area contributed by atoms with Crippen LogP contribution in [0.15, 0.2) is 47.4 Å². The van der Waals surface area contributed by atoms with Gasteiger partial charge < -0.3 is 5.11 Å². The number of nitro groups is 1. The minimum absolute atomic E-state index is 0.000862. The Bertz CT molecular complexity index is 934. The summed E-state index contributed by atoms with van der Waals surface area (Å²) in [6, 6.07) is 7.90. The molecule has 0 saturated heterocycles. The normalized spacial score (nSPS) is 15.1. The molecule has 0 aliphatic carbocycles. The van der Waals surface area contributed by atoms with Gasteiger partial charge in [-0.2, -0.15) is 13.2 Å². The van der Waals surface area contributed by atoms with Gasteiger partial charge in [-0.25, -0.2) is 4.21 Å². The second kappa shape index (κ2) is 8.29. The van der Waals surface area contributed by atoms with Gasteiger partial charge in [-0.05, 0) is 44.5 Å². The van der Waals surface area contributed by atoms with Gasteiger partial charge in [-0.1, -0.05) is 23.7 Å². The lowest BCUT2D eigenvalue weighted by atomic mass is 9.95. The first kappa shape index (κ1) is 23.1. The number of nitrogens with zero attached hydrogens (tertiary/aromatic N) is 2. The number of alkyl halides is 3. The number of rotatable bonds is 6. The highest BCUT2D eigenvalue weighted by Gasteiger charge is 2.51. The van der Waals surface area contributed by atoms with Gasteiger partial charge in [0.25, 0.3) is 5.69 Å². The monoisotopic (exact) mass is 450 g/mol. The van der Waals surface area contributed by atoms with E-state index in [-0.39, 0.29) is 27.2 Å². The molecule has 0 bridgehead atoms. The third-order valence-corrected chi connectivity index (χ3v) is 6.34. The lowest BCUT2D eigenvalue weighted by Gasteiger charge is -2.30. The number of aliphatic hydroxyl groups is 1. The summed E-state index contributed by atoms with van der Waals surface area (Å²) in [5.74, 6) is 0. The van der Waals surface area contributed by atoms with Crippen molar-refractivity contribution in [2.24, 2.45) is 0 Å². The van der Waals surface area contributed by atoms with E-state index in [2.05, 4.69) is 0 Å². The van der Waals surface area contributed by atoms with Crippen LogP contribution in [0, 0.1) is 10.1 Å². The Labute approximate surface area is 172 Å². The van der Waals surface area contributed by atoms with Gasteiger partial charge in [0.05, 0.1) is 14.8 Å². The van der Waals surface area contributed by atoms with Gasteiger partial charge in [-0.3, -0.25) is 14.4 Å². The third-order valence-electron chi connectivity index (χ3n) is 4.20. The number of anilines is 1. The maximum atomic E-state index is 13.1. The fraction of sp³-hybridized carbons (Fsp3) is 0.333. The van der Waals surface area contributed by atoms with Crippen LogP contribution in [-0.4, -0.2) is 26.5 Å². The largest absolute Gasteiger partial charge is 0.421 e. The summed E-state index contributed by atoms with van der Waals surface area (Å²) in [6.45, 7) is 4.04. The Morgan fingerprint density at radius 2 is 1.72 bits per heavy atom. The van der Waals surface area contributed by atoms with Crippen molar-refractivity contribution in [1.29, 1.82) is 0 Å². The van der Waals surface area contributed by atoms with Crippen LogP contribution in [0.4, 0.5) is 24.5 Å². The Kier molecular flexibility index (Phi) is 6.61. The smallest absolute Gasteiger partial charge is 0.376 e. The van der Waals surface area contributed by atoms with Crippen LogP contribution >= 0.6 is 11.6 Å². The average Bonchev–Trinajstić information content (AvgIpc) is 2.61. The van der Waals surface area contributed by atoms with E-state index in [1.54, 1.807) is 13.8 Å². The zero-order valence-electron chi connectivity index (χ0n) is 15.6. The zero-order chi connectivity index (χ0) is 22.1. The van der Waals surface area contributed by atoms with E-state index in [1.165, 1.54) is 28.6 Å². The molecule has 158 valence electrons. The minimum Gasteiger partial charge on any atom is -0.376 e. The summed E-state index contributed by atoms with van der Waals surface area (Å²) in [7, 11) is -1.97. The summed E-state index contributed by atoms with van der Waals surface area (Å²) in [4.78, 5) is 10.4. The van der Waals surface area contributed by atoms with E-state index >= 15 is 0 Å². The Morgan fingerprint density at radius 1 is 1.17 bits per heavy atom. The summed E-state index contributed by atoms with van der Waals surface area (Å²) in [5.41, 5.74) is -3.42. The first-order valence-corrected chi connectivity index (χ1v) is 9.80. The van der Waals surface area contributed by atoms with Crippen LogP contribution in [0.5, 0.6) is 0 Å². The van der Waals surface area contributed by atoms with Gasteiger partial charge in [0, 0.05) is 23.9 Å². The second-order valence-corrected chi connectivity index (χ2v) is 8.40. The summed E-state index contributed by atoms with van der Waals surface area (Å²) >= 11 is 6.07. The van der Waals surface area contributed by atoms with Crippen LogP contribution < -0.4 is 4.31 Å². The molecule has 0 saturated carbocycles. The highest BCUT2D eigenvalue weighted by atomic mass is 35.5. The van der Waals surface area contributed by atoms with Crippen molar-refractivity contribution in [3.63, 3.8) is 0 Å². The number of nitro benzene ring substituents is 1. The molecular formula is C18H18ClF3N2O4S. The van der Waals surface area contributed by atoms with Crippen molar-refractivity contribution < 1.29 is 27.4 Å². The van der Waals surface area contributed by atoms with Crippen molar-refractivity contribution in [2.75, 3.05) is 4.31 Å². The molecular weight excluding hydrogens is 433 g/mol. The molecule has 2 atom stereocenters.